The first-order chi connectivity index (χ1) is 7.20. The Morgan fingerprint density at radius 1 is 1.07 bits per heavy atom. The van der Waals surface area contributed by atoms with Crippen LogP contribution in [-0.2, 0) is 0 Å². The highest BCUT2D eigenvalue weighted by Crippen LogP contribution is 2.11. The first kappa shape index (κ1) is 12.2. The molecule has 0 saturated carbocycles. The molecule has 15 heavy (non-hydrogen) atoms. The van der Waals surface area contributed by atoms with Crippen LogP contribution in [0.3, 0.4) is 0 Å². The van der Waals surface area contributed by atoms with Crippen molar-refractivity contribution in [3.8, 4) is 0 Å². The molecule has 0 radical (unpaired) electrons. The zero-order chi connectivity index (χ0) is 11.1. The summed E-state index contributed by atoms with van der Waals surface area (Å²) in [7, 11) is 0. The van der Waals surface area contributed by atoms with Crippen molar-refractivity contribution in [2.75, 3.05) is 19.6 Å². The molecule has 0 amide bonds. The molecule has 0 aromatic heterocycles. The number of nitrogens with zero attached hydrogens (tertiary/aromatic N) is 2. The Morgan fingerprint density at radius 3 is 2.13 bits per heavy atom. The molecular formula is C10H20N4S. The quantitative estimate of drug-likeness (QED) is 0.418. The van der Waals surface area contributed by atoms with Crippen molar-refractivity contribution in [2.24, 2.45) is 16.5 Å². The maximum atomic E-state index is 5.30. The van der Waals surface area contributed by atoms with Gasteiger partial charge in [0.05, 0.1) is 11.5 Å². The maximum absolute atomic E-state index is 5.30. The molecule has 1 saturated heterocycles. The molecule has 0 atom stereocenters. The maximum Gasteiger partial charge on any atom is 0.186 e. The highest BCUT2D eigenvalue weighted by molar-refractivity contribution is 7.80. The SMILES string of the molecule is NC(N)=NCC(=S)N1CCCCCCC1. The molecule has 1 heterocycles. The first-order valence-electron chi connectivity index (χ1n) is 5.53. The van der Waals surface area contributed by atoms with Crippen molar-refractivity contribution >= 4 is 23.2 Å². The van der Waals surface area contributed by atoms with Gasteiger partial charge in [0.2, 0.25) is 0 Å². The normalized spacial score (nSPS) is 17.7. The van der Waals surface area contributed by atoms with Crippen LogP contribution >= 0.6 is 12.2 Å². The number of likely N-dealkylation sites (tertiary alicyclic amines) is 1. The monoisotopic (exact) mass is 228 g/mol. The van der Waals surface area contributed by atoms with Crippen LogP contribution < -0.4 is 11.5 Å². The van der Waals surface area contributed by atoms with Crippen molar-refractivity contribution < 1.29 is 0 Å². The molecule has 1 rings (SSSR count). The summed E-state index contributed by atoms with van der Waals surface area (Å²) in [6.45, 7) is 2.56. The van der Waals surface area contributed by atoms with Gasteiger partial charge in [-0.1, -0.05) is 31.5 Å². The van der Waals surface area contributed by atoms with Crippen molar-refractivity contribution in [3.05, 3.63) is 0 Å². The largest absolute Gasteiger partial charge is 0.370 e. The molecule has 0 aromatic carbocycles. The molecular weight excluding hydrogens is 208 g/mol. The smallest absolute Gasteiger partial charge is 0.186 e. The fourth-order valence-corrected chi connectivity index (χ4v) is 2.00. The lowest BCUT2D eigenvalue weighted by Gasteiger charge is -2.26. The lowest BCUT2D eigenvalue weighted by Crippen LogP contribution is -2.35. The predicted octanol–water partition coefficient (Wildman–Crippen LogP) is 0.853. The van der Waals surface area contributed by atoms with Gasteiger partial charge >= 0.3 is 0 Å². The summed E-state index contributed by atoms with van der Waals surface area (Å²) in [5.74, 6) is 0.115. The highest BCUT2D eigenvalue weighted by Gasteiger charge is 2.10. The number of guanidine groups is 1. The Balaban J connectivity index is 2.38. The van der Waals surface area contributed by atoms with Crippen LogP contribution in [0.4, 0.5) is 0 Å². The summed E-state index contributed by atoms with van der Waals surface area (Å²) in [5.41, 5.74) is 10.6. The third-order valence-electron chi connectivity index (χ3n) is 2.61. The summed E-state index contributed by atoms with van der Waals surface area (Å²) < 4.78 is 0. The van der Waals surface area contributed by atoms with E-state index in [9.17, 15) is 0 Å². The van der Waals surface area contributed by atoms with E-state index in [0.29, 0.717) is 6.54 Å². The Bertz CT molecular complexity index is 228. The van der Waals surface area contributed by atoms with Crippen molar-refractivity contribution in [1.29, 1.82) is 0 Å². The molecule has 0 spiro atoms. The lowest BCUT2D eigenvalue weighted by molar-refractivity contribution is 0.364. The standard InChI is InChI=1S/C10H20N4S/c11-10(12)13-8-9(15)14-6-4-2-1-3-5-7-14/h1-8H2,(H4,11,12,13). The zero-order valence-corrected chi connectivity index (χ0v) is 9.93. The van der Waals surface area contributed by atoms with Crippen LogP contribution in [0, 0.1) is 0 Å². The van der Waals surface area contributed by atoms with E-state index < -0.39 is 0 Å². The van der Waals surface area contributed by atoms with Gasteiger partial charge in [-0.25, -0.2) is 4.99 Å². The number of nitrogens with two attached hydrogens (primary N) is 2. The van der Waals surface area contributed by atoms with Crippen LogP contribution in [0.2, 0.25) is 0 Å². The van der Waals surface area contributed by atoms with Gasteiger partial charge < -0.3 is 16.4 Å². The van der Waals surface area contributed by atoms with E-state index in [1.807, 2.05) is 0 Å². The van der Waals surface area contributed by atoms with Gasteiger partial charge in [0.25, 0.3) is 0 Å². The molecule has 0 bridgehead atoms. The Morgan fingerprint density at radius 2 is 1.60 bits per heavy atom. The van der Waals surface area contributed by atoms with Gasteiger partial charge in [-0.3, -0.25) is 0 Å². The number of aliphatic imine (C=N–C) groups is 1. The molecule has 1 aliphatic heterocycles. The van der Waals surface area contributed by atoms with E-state index >= 15 is 0 Å². The van der Waals surface area contributed by atoms with Gasteiger partial charge in [0, 0.05) is 13.1 Å². The molecule has 0 aromatic rings. The number of thiocarbonyl (C=S) groups is 1. The topological polar surface area (TPSA) is 67.6 Å². The van der Waals surface area contributed by atoms with Crippen LogP contribution in [-0.4, -0.2) is 35.5 Å². The number of hydrogen-bond acceptors (Lipinski definition) is 2. The fraction of sp³-hybridized carbons (Fsp3) is 0.800. The average molecular weight is 228 g/mol. The van der Waals surface area contributed by atoms with Crippen LogP contribution in [0.25, 0.3) is 0 Å². The molecule has 1 fully saturated rings. The predicted molar refractivity (Wildman–Crippen MR) is 67.9 cm³/mol. The number of hydrogen-bond donors (Lipinski definition) is 2. The van der Waals surface area contributed by atoms with E-state index in [1.165, 1.54) is 32.1 Å². The third-order valence-corrected chi connectivity index (χ3v) is 2.99. The average Bonchev–Trinajstić information content (AvgIpc) is 2.13. The minimum atomic E-state index is 0.115. The summed E-state index contributed by atoms with van der Waals surface area (Å²) in [5, 5.41) is 0. The molecule has 86 valence electrons. The van der Waals surface area contributed by atoms with Crippen LogP contribution in [0.5, 0.6) is 0 Å². The third kappa shape index (κ3) is 4.97. The van der Waals surface area contributed by atoms with Crippen molar-refractivity contribution in [1.82, 2.24) is 4.90 Å². The molecule has 1 aliphatic rings. The highest BCUT2D eigenvalue weighted by atomic mass is 32.1. The molecule has 4 N–H and O–H groups in total. The minimum absolute atomic E-state index is 0.115. The van der Waals surface area contributed by atoms with Crippen molar-refractivity contribution in [2.45, 2.75) is 32.1 Å². The van der Waals surface area contributed by atoms with Gasteiger partial charge in [0.15, 0.2) is 5.96 Å². The molecule has 4 nitrogen and oxygen atoms in total. The zero-order valence-electron chi connectivity index (χ0n) is 9.11. The molecule has 5 heteroatoms. The molecule has 0 aliphatic carbocycles. The summed E-state index contributed by atoms with van der Waals surface area (Å²) in [6, 6.07) is 0. The Labute approximate surface area is 96.7 Å². The first-order valence-corrected chi connectivity index (χ1v) is 5.94. The van der Waals surface area contributed by atoms with E-state index in [0.717, 1.165) is 18.1 Å². The van der Waals surface area contributed by atoms with Crippen LogP contribution in [0.1, 0.15) is 32.1 Å². The number of rotatable bonds is 2. The second-order valence-corrected chi connectivity index (χ2v) is 4.36. The Hall–Kier alpha value is -0.840. The molecule has 0 unspecified atom stereocenters. The van der Waals surface area contributed by atoms with E-state index in [4.69, 9.17) is 23.7 Å². The van der Waals surface area contributed by atoms with E-state index in [2.05, 4.69) is 9.89 Å². The minimum Gasteiger partial charge on any atom is -0.370 e. The van der Waals surface area contributed by atoms with Gasteiger partial charge in [-0.15, -0.1) is 0 Å². The Kier molecular flexibility index (Phi) is 5.39. The van der Waals surface area contributed by atoms with Gasteiger partial charge in [-0.2, -0.15) is 0 Å². The van der Waals surface area contributed by atoms with Crippen molar-refractivity contribution in [3.63, 3.8) is 0 Å². The van der Waals surface area contributed by atoms with Crippen LogP contribution in [0.15, 0.2) is 4.99 Å². The van der Waals surface area contributed by atoms with E-state index in [-0.39, 0.29) is 5.96 Å². The van der Waals surface area contributed by atoms with Gasteiger partial charge in [-0.05, 0) is 12.8 Å². The fourth-order valence-electron chi connectivity index (χ4n) is 1.76. The summed E-state index contributed by atoms with van der Waals surface area (Å²) >= 11 is 5.30. The summed E-state index contributed by atoms with van der Waals surface area (Å²) in [4.78, 5) is 7.05. The van der Waals surface area contributed by atoms with E-state index in [1.54, 1.807) is 0 Å². The second-order valence-electron chi connectivity index (χ2n) is 3.89. The van der Waals surface area contributed by atoms with Gasteiger partial charge in [0.1, 0.15) is 0 Å². The summed E-state index contributed by atoms with van der Waals surface area (Å²) in [6.07, 6.45) is 6.42. The lowest BCUT2D eigenvalue weighted by atomic mass is 10.1. The second kappa shape index (κ2) is 6.61.